The number of para-hydroxylation sites is 2. The van der Waals surface area contributed by atoms with Gasteiger partial charge in [0.25, 0.3) is 5.91 Å². The van der Waals surface area contributed by atoms with Crippen LogP contribution in [0.3, 0.4) is 0 Å². The van der Waals surface area contributed by atoms with Gasteiger partial charge >= 0.3 is 0 Å². The second-order valence-electron chi connectivity index (χ2n) is 8.75. The fourth-order valence-electron chi connectivity index (χ4n) is 4.12. The molecular formula is C25H28N4O4. The van der Waals surface area contributed by atoms with E-state index in [4.69, 9.17) is 14.0 Å². The molecule has 8 nitrogen and oxygen atoms in total. The molecule has 2 aliphatic heterocycles. The fourth-order valence-corrected chi connectivity index (χ4v) is 4.12. The molecular weight excluding hydrogens is 420 g/mol. The van der Waals surface area contributed by atoms with Crippen molar-refractivity contribution in [2.45, 2.75) is 32.4 Å². The van der Waals surface area contributed by atoms with Crippen molar-refractivity contribution in [1.82, 2.24) is 19.9 Å². The van der Waals surface area contributed by atoms with Crippen LogP contribution in [0.5, 0.6) is 11.5 Å². The maximum absolute atomic E-state index is 12.9. The molecule has 1 fully saturated rings. The summed E-state index contributed by atoms with van der Waals surface area (Å²) in [5.41, 5.74) is 2.23. The normalized spacial score (nSPS) is 18.5. The minimum Gasteiger partial charge on any atom is -0.485 e. The Labute approximate surface area is 193 Å². The Hall–Kier alpha value is -3.39. The van der Waals surface area contributed by atoms with Gasteiger partial charge in [0, 0.05) is 31.7 Å². The van der Waals surface area contributed by atoms with Gasteiger partial charge in [0.2, 0.25) is 17.8 Å². The molecule has 172 valence electrons. The molecule has 3 aromatic rings. The number of hydrogen-bond acceptors (Lipinski definition) is 7. The summed E-state index contributed by atoms with van der Waals surface area (Å²) in [7, 11) is 0. The second kappa shape index (κ2) is 9.23. The van der Waals surface area contributed by atoms with E-state index in [1.165, 1.54) is 5.56 Å². The molecule has 0 bridgehead atoms. The highest BCUT2D eigenvalue weighted by Crippen LogP contribution is 2.31. The smallest absolute Gasteiger partial charge is 0.267 e. The molecule has 2 aliphatic rings. The Morgan fingerprint density at radius 3 is 2.48 bits per heavy atom. The molecule has 0 saturated carbocycles. The molecule has 0 spiro atoms. The van der Waals surface area contributed by atoms with Gasteiger partial charge in [0.15, 0.2) is 11.5 Å². The summed E-state index contributed by atoms with van der Waals surface area (Å²) in [5, 5.41) is 4.14. The molecule has 0 radical (unpaired) electrons. The van der Waals surface area contributed by atoms with Crippen molar-refractivity contribution < 1.29 is 18.8 Å². The predicted octanol–water partition coefficient (Wildman–Crippen LogP) is 3.34. The maximum Gasteiger partial charge on any atom is 0.267 e. The van der Waals surface area contributed by atoms with Crippen molar-refractivity contribution in [3.8, 4) is 22.9 Å². The van der Waals surface area contributed by atoms with Crippen LogP contribution in [-0.4, -0.2) is 64.7 Å². The van der Waals surface area contributed by atoms with Crippen molar-refractivity contribution in [3.05, 3.63) is 60.0 Å². The summed E-state index contributed by atoms with van der Waals surface area (Å²) in [6.07, 6.45) is -0.605. The topological polar surface area (TPSA) is 80.9 Å². The zero-order chi connectivity index (χ0) is 22.8. The second-order valence-corrected chi connectivity index (χ2v) is 8.75. The molecule has 0 N–H and O–H groups in total. The van der Waals surface area contributed by atoms with Crippen LogP contribution in [0.15, 0.2) is 53.1 Å². The first-order chi connectivity index (χ1) is 16.1. The average molecular weight is 449 g/mol. The number of benzene rings is 2. The van der Waals surface area contributed by atoms with E-state index in [2.05, 4.69) is 41.0 Å². The van der Waals surface area contributed by atoms with Crippen LogP contribution >= 0.6 is 0 Å². The third kappa shape index (κ3) is 4.71. The van der Waals surface area contributed by atoms with Crippen molar-refractivity contribution in [3.63, 3.8) is 0 Å². The average Bonchev–Trinajstić information content (AvgIpc) is 3.32. The van der Waals surface area contributed by atoms with Crippen LogP contribution in [0.1, 0.15) is 31.2 Å². The first-order valence-corrected chi connectivity index (χ1v) is 11.4. The third-order valence-corrected chi connectivity index (χ3v) is 6.13. The quantitative estimate of drug-likeness (QED) is 0.592. The van der Waals surface area contributed by atoms with Gasteiger partial charge in [-0.2, -0.15) is 4.98 Å². The fraction of sp³-hybridized carbons (Fsp3) is 0.400. The number of rotatable bonds is 5. The molecule has 2 aromatic carbocycles. The molecule has 1 saturated heterocycles. The van der Waals surface area contributed by atoms with E-state index in [-0.39, 0.29) is 12.5 Å². The highest BCUT2D eigenvalue weighted by Gasteiger charge is 2.32. The minimum absolute atomic E-state index is 0.0333. The number of hydrogen-bond donors (Lipinski definition) is 0. The summed E-state index contributed by atoms with van der Waals surface area (Å²) in [5.74, 6) is 2.93. The van der Waals surface area contributed by atoms with Gasteiger partial charge < -0.3 is 18.9 Å². The molecule has 0 aliphatic carbocycles. The van der Waals surface area contributed by atoms with E-state index < -0.39 is 6.10 Å². The van der Waals surface area contributed by atoms with E-state index in [0.29, 0.717) is 48.8 Å². The predicted molar refractivity (Wildman–Crippen MR) is 122 cm³/mol. The van der Waals surface area contributed by atoms with Gasteiger partial charge in [0.1, 0.15) is 6.61 Å². The molecule has 1 unspecified atom stereocenters. The molecule has 1 atom stereocenters. The van der Waals surface area contributed by atoms with Crippen molar-refractivity contribution in [2.24, 2.45) is 0 Å². The van der Waals surface area contributed by atoms with Gasteiger partial charge in [-0.05, 0) is 23.6 Å². The summed E-state index contributed by atoms with van der Waals surface area (Å²) < 4.78 is 17.0. The van der Waals surface area contributed by atoms with Crippen molar-refractivity contribution in [1.29, 1.82) is 0 Å². The lowest BCUT2D eigenvalue weighted by atomic mass is 10.0. The Kier molecular flexibility index (Phi) is 6.00. The largest absolute Gasteiger partial charge is 0.485 e. The standard InChI is InChI=1S/C25H28N4O4/c1-17(2)18-7-9-19(10-8-18)24-26-23(33-27-24)15-28-11-13-29(14-12-28)25(30)22-16-31-20-5-3-4-6-21(20)32-22/h3-10,17,22H,11-16H2,1-2H3. The van der Waals surface area contributed by atoms with Gasteiger partial charge in [-0.3, -0.25) is 9.69 Å². The number of aromatic nitrogens is 2. The molecule has 1 amide bonds. The van der Waals surface area contributed by atoms with E-state index in [1.807, 2.05) is 41.3 Å². The van der Waals surface area contributed by atoms with E-state index in [0.717, 1.165) is 18.7 Å². The lowest BCUT2D eigenvalue weighted by Gasteiger charge is -2.36. The number of carbonyl (C=O) groups is 1. The maximum atomic E-state index is 12.9. The number of fused-ring (bicyclic) bond motifs is 1. The summed E-state index contributed by atoms with van der Waals surface area (Å²) in [4.78, 5) is 21.5. The Morgan fingerprint density at radius 1 is 1.03 bits per heavy atom. The van der Waals surface area contributed by atoms with Crippen LogP contribution in [0.4, 0.5) is 0 Å². The first kappa shape index (κ1) is 21.5. The third-order valence-electron chi connectivity index (χ3n) is 6.13. The number of amides is 1. The van der Waals surface area contributed by atoms with Crippen molar-refractivity contribution >= 4 is 5.91 Å². The lowest BCUT2D eigenvalue weighted by Crippen LogP contribution is -2.53. The molecule has 5 rings (SSSR count). The first-order valence-electron chi connectivity index (χ1n) is 11.4. The van der Waals surface area contributed by atoms with Crippen LogP contribution in [0.2, 0.25) is 0 Å². The highest BCUT2D eigenvalue weighted by molar-refractivity contribution is 5.82. The van der Waals surface area contributed by atoms with Gasteiger partial charge in [-0.25, -0.2) is 0 Å². The number of ether oxygens (including phenoxy) is 2. The van der Waals surface area contributed by atoms with E-state index >= 15 is 0 Å². The minimum atomic E-state index is -0.605. The SMILES string of the molecule is CC(C)c1ccc(-c2noc(CN3CCN(C(=O)C4COc5ccccc5O4)CC3)n2)cc1. The Balaban J connectivity index is 1.13. The van der Waals surface area contributed by atoms with Crippen LogP contribution in [0.25, 0.3) is 11.4 Å². The molecule has 8 heteroatoms. The molecule has 33 heavy (non-hydrogen) atoms. The van der Waals surface area contributed by atoms with E-state index in [1.54, 1.807) is 0 Å². The highest BCUT2D eigenvalue weighted by atomic mass is 16.6. The number of carbonyl (C=O) groups excluding carboxylic acids is 1. The molecule has 1 aromatic heterocycles. The summed E-state index contributed by atoms with van der Waals surface area (Å²) >= 11 is 0. The van der Waals surface area contributed by atoms with Crippen molar-refractivity contribution in [2.75, 3.05) is 32.8 Å². The molecule has 3 heterocycles. The lowest BCUT2D eigenvalue weighted by molar-refractivity contribution is -0.143. The zero-order valence-corrected chi connectivity index (χ0v) is 18.9. The van der Waals surface area contributed by atoms with Crippen LogP contribution < -0.4 is 9.47 Å². The van der Waals surface area contributed by atoms with Crippen LogP contribution in [-0.2, 0) is 11.3 Å². The van der Waals surface area contributed by atoms with Gasteiger partial charge in [-0.1, -0.05) is 55.4 Å². The number of nitrogens with zero attached hydrogens (tertiary/aromatic N) is 4. The van der Waals surface area contributed by atoms with Crippen LogP contribution in [0, 0.1) is 0 Å². The van der Waals surface area contributed by atoms with Gasteiger partial charge in [-0.15, -0.1) is 0 Å². The van der Waals surface area contributed by atoms with Gasteiger partial charge in [0.05, 0.1) is 6.54 Å². The summed E-state index contributed by atoms with van der Waals surface area (Å²) in [6, 6.07) is 15.7. The Morgan fingerprint density at radius 2 is 1.76 bits per heavy atom. The van der Waals surface area contributed by atoms with E-state index in [9.17, 15) is 4.79 Å². The monoisotopic (exact) mass is 448 g/mol. The number of piperazine rings is 1. The summed E-state index contributed by atoms with van der Waals surface area (Å²) in [6.45, 7) is 7.85. The zero-order valence-electron chi connectivity index (χ0n) is 18.9. The Bertz CT molecular complexity index is 1100.